The molecule has 0 aliphatic heterocycles. The van der Waals surface area contributed by atoms with Crippen LogP contribution in [0.2, 0.25) is 0 Å². The zero-order valence-electron chi connectivity index (χ0n) is 16.0. The van der Waals surface area contributed by atoms with Crippen LogP contribution in [0.4, 0.5) is 8.78 Å². The van der Waals surface area contributed by atoms with Crippen LogP contribution in [-0.4, -0.2) is 32.4 Å². The molecule has 4 rings (SSSR count). The topological polar surface area (TPSA) is 78.8 Å². The standard InChI is InChI=1S/C21H23F2N5O/c22-16-7-17(23)9-19(8-16)28-12-15(10-27-28)21-20(11-25-13-26-21)29-6-5-14-1-3-18(24)4-2-14/h7-14,18H,1-6,24H2. The Morgan fingerprint density at radius 2 is 1.83 bits per heavy atom. The van der Waals surface area contributed by atoms with Crippen molar-refractivity contribution in [1.29, 1.82) is 0 Å². The zero-order chi connectivity index (χ0) is 20.2. The summed E-state index contributed by atoms with van der Waals surface area (Å²) in [5, 5.41) is 4.20. The first kappa shape index (κ1) is 19.4. The van der Waals surface area contributed by atoms with Crippen LogP contribution in [0.5, 0.6) is 5.75 Å². The number of nitrogens with two attached hydrogens (primary N) is 1. The lowest BCUT2D eigenvalue weighted by molar-refractivity contribution is 0.237. The minimum absolute atomic E-state index is 0.292. The summed E-state index contributed by atoms with van der Waals surface area (Å²) in [5.41, 5.74) is 7.52. The highest BCUT2D eigenvalue weighted by Crippen LogP contribution is 2.29. The smallest absolute Gasteiger partial charge is 0.163 e. The van der Waals surface area contributed by atoms with Crippen molar-refractivity contribution in [1.82, 2.24) is 19.7 Å². The molecule has 8 heteroatoms. The second-order valence-electron chi connectivity index (χ2n) is 7.45. The molecule has 0 atom stereocenters. The lowest BCUT2D eigenvalue weighted by atomic mass is 9.85. The molecule has 2 N–H and O–H groups in total. The van der Waals surface area contributed by atoms with Crippen molar-refractivity contribution in [3.8, 4) is 22.7 Å². The van der Waals surface area contributed by atoms with Crippen molar-refractivity contribution < 1.29 is 13.5 Å². The molecule has 0 amide bonds. The van der Waals surface area contributed by atoms with E-state index in [0.717, 1.165) is 38.2 Å². The predicted octanol–water partition coefficient (Wildman–Crippen LogP) is 3.89. The van der Waals surface area contributed by atoms with Crippen LogP contribution in [0.3, 0.4) is 0 Å². The Labute approximate surface area is 167 Å². The van der Waals surface area contributed by atoms with E-state index in [4.69, 9.17) is 10.5 Å². The second-order valence-corrected chi connectivity index (χ2v) is 7.45. The molecule has 1 fully saturated rings. The van der Waals surface area contributed by atoms with Gasteiger partial charge in [0, 0.05) is 23.9 Å². The molecule has 1 saturated carbocycles. The van der Waals surface area contributed by atoms with Gasteiger partial charge in [0.1, 0.15) is 23.7 Å². The van der Waals surface area contributed by atoms with Crippen molar-refractivity contribution >= 4 is 0 Å². The molecule has 29 heavy (non-hydrogen) atoms. The molecule has 2 aromatic heterocycles. The van der Waals surface area contributed by atoms with E-state index in [1.165, 1.54) is 23.1 Å². The highest BCUT2D eigenvalue weighted by Gasteiger charge is 2.19. The maximum absolute atomic E-state index is 13.5. The van der Waals surface area contributed by atoms with Crippen LogP contribution in [0, 0.1) is 17.6 Å². The van der Waals surface area contributed by atoms with Crippen LogP contribution in [-0.2, 0) is 0 Å². The molecule has 1 aromatic carbocycles. The number of halogens is 2. The maximum Gasteiger partial charge on any atom is 0.163 e. The molecule has 0 bridgehead atoms. The van der Waals surface area contributed by atoms with Crippen molar-refractivity contribution in [3.63, 3.8) is 0 Å². The summed E-state index contributed by atoms with van der Waals surface area (Å²) in [4.78, 5) is 8.37. The Morgan fingerprint density at radius 1 is 1.07 bits per heavy atom. The summed E-state index contributed by atoms with van der Waals surface area (Å²) in [7, 11) is 0. The van der Waals surface area contributed by atoms with E-state index < -0.39 is 11.6 Å². The number of ether oxygens (including phenoxy) is 1. The van der Waals surface area contributed by atoms with Crippen LogP contribution in [0.15, 0.2) is 43.1 Å². The summed E-state index contributed by atoms with van der Waals surface area (Å²) in [6.07, 6.45) is 11.7. The van der Waals surface area contributed by atoms with Crippen LogP contribution in [0.25, 0.3) is 16.9 Å². The molecule has 0 spiro atoms. The normalized spacial score (nSPS) is 19.3. The minimum Gasteiger partial charge on any atom is -0.490 e. The van der Waals surface area contributed by atoms with Crippen LogP contribution >= 0.6 is 0 Å². The van der Waals surface area contributed by atoms with Crippen molar-refractivity contribution in [2.24, 2.45) is 11.7 Å². The van der Waals surface area contributed by atoms with E-state index in [2.05, 4.69) is 15.1 Å². The Morgan fingerprint density at radius 3 is 2.59 bits per heavy atom. The Kier molecular flexibility index (Phi) is 5.80. The van der Waals surface area contributed by atoms with E-state index in [1.807, 2.05) is 0 Å². The Balaban J connectivity index is 1.46. The van der Waals surface area contributed by atoms with Gasteiger partial charge in [-0.15, -0.1) is 0 Å². The Hall–Kier alpha value is -2.87. The third-order valence-corrected chi connectivity index (χ3v) is 5.32. The van der Waals surface area contributed by atoms with Gasteiger partial charge in [0.2, 0.25) is 0 Å². The molecule has 2 heterocycles. The summed E-state index contributed by atoms with van der Waals surface area (Å²) >= 11 is 0. The first-order chi connectivity index (χ1) is 14.1. The molecule has 152 valence electrons. The summed E-state index contributed by atoms with van der Waals surface area (Å²) in [6.45, 7) is 0.573. The fourth-order valence-corrected chi connectivity index (χ4v) is 3.71. The largest absolute Gasteiger partial charge is 0.490 e. The number of nitrogens with zero attached hydrogens (tertiary/aromatic N) is 4. The van der Waals surface area contributed by atoms with Crippen molar-refractivity contribution in [2.45, 2.75) is 38.1 Å². The number of rotatable bonds is 6. The van der Waals surface area contributed by atoms with Gasteiger partial charge in [0.05, 0.1) is 24.7 Å². The van der Waals surface area contributed by atoms with Gasteiger partial charge >= 0.3 is 0 Å². The van der Waals surface area contributed by atoms with E-state index in [1.54, 1.807) is 18.6 Å². The van der Waals surface area contributed by atoms with Gasteiger partial charge in [0.15, 0.2) is 5.75 Å². The van der Waals surface area contributed by atoms with Crippen LogP contribution in [0.1, 0.15) is 32.1 Å². The molecule has 0 saturated heterocycles. The predicted molar refractivity (Wildman–Crippen MR) is 105 cm³/mol. The highest BCUT2D eigenvalue weighted by molar-refractivity contribution is 5.64. The van der Waals surface area contributed by atoms with Crippen molar-refractivity contribution in [2.75, 3.05) is 6.61 Å². The number of hydrogen-bond donors (Lipinski definition) is 1. The second kappa shape index (κ2) is 8.65. The third kappa shape index (κ3) is 4.76. The van der Waals surface area contributed by atoms with E-state index in [0.29, 0.717) is 41.3 Å². The highest BCUT2D eigenvalue weighted by atomic mass is 19.1. The van der Waals surface area contributed by atoms with Crippen molar-refractivity contribution in [3.05, 3.63) is 54.8 Å². The van der Waals surface area contributed by atoms with Gasteiger partial charge in [0.25, 0.3) is 0 Å². The first-order valence-corrected chi connectivity index (χ1v) is 9.78. The fourth-order valence-electron chi connectivity index (χ4n) is 3.71. The lowest BCUT2D eigenvalue weighted by Gasteiger charge is -2.25. The lowest BCUT2D eigenvalue weighted by Crippen LogP contribution is -2.27. The average Bonchev–Trinajstić information content (AvgIpc) is 3.19. The van der Waals surface area contributed by atoms with E-state index in [9.17, 15) is 8.78 Å². The van der Waals surface area contributed by atoms with Gasteiger partial charge in [-0.2, -0.15) is 5.10 Å². The number of hydrogen-bond acceptors (Lipinski definition) is 5. The van der Waals surface area contributed by atoms with Gasteiger partial charge in [-0.3, -0.25) is 0 Å². The van der Waals surface area contributed by atoms with E-state index in [-0.39, 0.29) is 0 Å². The van der Waals surface area contributed by atoms with E-state index >= 15 is 0 Å². The molecular weight excluding hydrogens is 376 g/mol. The molecule has 3 aromatic rings. The molecule has 6 nitrogen and oxygen atoms in total. The first-order valence-electron chi connectivity index (χ1n) is 9.78. The SMILES string of the molecule is NC1CCC(CCOc2cncnc2-c2cnn(-c3cc(F)cc(F)c3)c2)CC1. The molecule has 1 aliphatic rings. The average molecular weight is 399 g/mol. The molecule has 1 aliphatic carbocycles. The molecule has 0 radical (unpaired) electrons. The van der Waals surface area contributed by atoms with Gasteiger partial charge in [-0.1, -0.05) is 0 Å². The minimum atomic E-state index is -0.660. The van der Waals surface area contributed by atoms with Gasteiger partial charge < -0.3 is 10.5 Å². The molecule has 0 unspecified atom stereocenters. The monoisotopic (exact) mass is 399 g/mol. The molecular formula is C21H23F2N5O. The quantitative estimate of drug-likeness (QED) is 0.680. The zero-order valence-corrected chi connectivity index (χ0v) is 16.0. The summed E-state index contributed by atoms with van der Waals surface area (Å²) in [5.74, 6) is -0.128. The Bertz CT molecular complexity index is 949. The van der Waals surface area contributed by atoms with Gasteiger partial charge in [-0.25, -0.2) is 23.4 Å². The number of aromatic nitrogens is 4. The summed E-state index contributed by atoms with van der Waals surface area (Å²) < 4.78 is 34.3. The number of benzene rings is 1. The fraction of sp³-hybridized carbons (Fsp3) is 0.381. The summed E-state index contributed by atoms with van der Waals surface area (Å²) in [6, 6.07) is 3.59. The van der Waals surface area contributed by atoms with Gasteiger partial charge in [-0.05, 0) is 50.2 Å². The van der Waals surface area contributed by atoms with Crippen LogP contribution < -0.4 is 10.5 Å². The third-order valence-electron chi connectivity index (χ3n) is 5.32. The maximum atomic E-state index is 13.5.